The van der Waals surface area contributed by atoms with Gasteiger partial charge in [0, 0.05) is 6.42 Å². The molecule has 1 atom stereocenters. The molecule has 96 valence electrons. The van der Waals surface area contributed by atoms with Crippen molar-refractivity contribution in [2.75, 3.05) is 6.61 Å². The normalized spacial score (nSPS) is 52.2. The average Bonchev–Trinajstić information content (AvgIpc) is 2.77. The summed E-state index contributed by atoms with van der Waals surface area (Å²) in [5.41, 5.74) is 0.0562. The standard InChI is InChI=1S/C14H22O3/c1-2-13(15-3-1)16-17-14-7-10-4-11(8-14)6-12(5-10)9-14/h10-13H,1-9H2. The molecule has 0 aromatic heterocycles. The van der Waals surface area contributed by atoms with Gasteiger partial charge in [0.05, 0.1) is 6.61 Å². The van der Waals surface area contributed by atoms with Crippen molar-refractivity contribution in [3.05, 3.63) is 0 Å². The summed E-state index contributed by atoms with van der Waals surface area (Å²) in [6.45, 7) is 0.828. The Balaban J connectivity index is 1.42. The Morgan fingerprint density at radius 1 is 0.941 bits per heavy atom. The second kappa shape index (κ2) is 3.94. The molecule has 0 aromatic carbocycles. The maximum absolute atomic E-state index is 5.90. The van der Waals surface area contributed by atoms with E-state index < -0.39 is 0 Å². The minimum atomic E-state index is -0.0944. The van der Waals surface area contributed by atoms with E-state index in [-0.39, 0.29) is 11.9 Å². The van der Waals surface area contributed by atoms with E-state index in [9.17, 15) is 0 Å². The van der Waals surface area contributed by atoms with E-state index in [1.54, 1.807) is 0 Å². The van der Waals surface area contributed by atoms with Gasteiger partial charge in [-0.1, -0.05) is 0 Å². The van der Waals surface area contributed by atoms with Crippen LogP contribution >= 0.6 is 0 Å². The summed E-state index contributed by atoms with van der Waals surface area (Å²) in [5, 5.41) is 0. The highest BCUT2D eigenvalue weighted by molar-refractivity contribution is 5.02. The third kappa shape index (κ3) is 1.92. The largest absolute Gasteiger partial charge is 0.350 e. The van der Waals surface area contributed by atoms with Gasteiger partial charge in [0.1, 0.15) is 5.60 Å². The van der Waals surface area contributed by atoms with Crippen molar-refractivity contribution in [2.45, 2.75) is 63.3 Å². The van der Waals surface area contributed by atoms with E-state index in [0.29, 0.717) is 0 Å². The zero-order valence-electron chi connectivity index (χ0n) is 10.4. The summed E-state index contributed by atoms with van der Waals surface area (Å²) in [6, 6.07) is 0. The van der Waals surface area contributed by atoms with Gasteiger partial charge in [0.15, 0.2) is 6.29 Å². The Kier molecular flexibility index (Phi) is 2.50. The first-order chi connectivity index (χ1) is 8.31. The summed E-state index contributed by atoms with van der Waals surface area (Å²) in [5.74, 6) is 2.73. The van der Waals surface area contributed by atoms with Crippen LogP contribution in [0.3, 0.4) is 0 Å². The highest BCUT2D eigenvalue weighted by atomic mass is 17.2. The first-order valence-electron chi connectivity index (χ1n) is 7.27. The van der Waals surface area contributed by atoms with Gasteiger partial charge in [-0.3, -0.25) is 0 Å². The quantitative estimate of drug-likeness (QED) is 0.558. The summed E-state index contributed by atoms with van der Waals surface area (Å²) < 4.78 is 5.47. The Morgan fingerprint density at radius 2 is 1.59 bits per heavy atom. The molecule has 0 spiro atoms. The van der Waals surface area contributed by atoms with Crippen LogP contribution in [0.15, 0.2) is 0 Å². The van der Waals surface area contributed by atoms with Crippen LogP contribution in [0.4, 0.5) is 0 Å². The van der Waals surface area contributed by atoms with E-state index in [1.807, 2.05) is 0 Å². The molecule has 5 fully saturated rings. The second-order valence-electron chi connectivity index (χ2n) is 6.72. The van der Waals surface area contributed by atoms with Gasteiger partial charge in [-0.05, 0) is 62.7 Å². The molecule has 0 amide bonds. The Labute approximate surface area is 103 Å². The number of hydrogen-bond acceptors (Lipinski definition) is 3. The lowest BCUT2D eigenvalue weighted by atomic mass is 9.54. The molecule has 1 aliphatic heterocycles. The lowest BCUT2D eigenvalue weighted by Crippen LogP contribution is -2.52. The smallest absolute Gasteiger partial charge is 0.191 e. The van der Waals surface area contributed by atoms with Crippen molar-refractivity contribution in [2.24, 2.45) is 17.8 Å². The number of hydrogen-bond donors (Lipinski definition) is 0. The van der Waals surface area contributed by atoms with Gasteiger partial charge in [0.2, 0.25) is 0 Å². The van der Waals surface area contributed by atoms with Crippen LogP contribution < -0.4 is 0 Å². The third-order valence-corrected chi connectivity index (χ3v) is 5.20. The van der Waals surface area contributed by atoms with Crippen LogP contribution in [0.2, 0.25) is 0 Å². The topological polar surface area (TPSA) is 27.7 Å². The van der Waals surface area contributed by atoms with Gasteiger partial charge >= 0.3 is 0 Å². The Hall–Kier alpha value is -0.120. The molecule has 3 heteroatoms. The fourth-order valence-corrected chi connectivity index (χ4v) is 4.91. The summed E-state index contributed by atoms with van der Waals surface area (Å²) in [7, 11) is 0. The van der Waals surface area contributed by atoms with Crippen LogP contribution in [-0.4, -0.2) is 18.5 Å². The molecule has 0 N–H and O–H groups in total. The first-order valence-corrected chi connectivity index (χ1v) is 7.27. The van der Waals surface area contributed by atoms with Crippen LogP contribution in [-0.2, 0) is 14.5 Å². The van der Waals surface area contributed by atoms with Gasteiger partial charge in [-0.15, -0.1) is 0 Å². The highest BCUT2D eigenvalue weighted by Gasteiger charge is 2.52. The molecule has 1 saturated heterocycles. The van der Waals surface area contributed by atoms with Crippen LogP contribution in [0, 0.1) is 17.8 Å². The zero-order chi connectivity index (χ0) is 11.3. The monoisotopic (exact) mass is 238 g/mol. The molecule has 3 nitrogen and oxygen atoms in total. The van der Waals surface area contributed by atoms with E-state index >= 15 is 0 Å². The average molecular weight is 238 g/mol. The highest BCUT2D eigenvalue weighted by Crippen LogP contribution is 2.57. The second-order valence-corrected chi connectivity index (χ2v) is 6.72. The maximum atomic E-state index is 5.90. The molecule has 1 heterocycles. The van der Waals surface area contributed by atoms with Crippen molar-refractivity contribution in [3.8, 4) is 0 Å². The molecular formula is C14H22O3. The minimum absolute atomic E-state index is 0.0562. The van der Waals surface area contributed by atoms with E-state index in [2.05, 4.69) is 0 Å². The van der Waals surface area contributed by atoms with Crippen molar-refractivity contribution in [1.29, 1.82) is 0 Å². The third-order valence-electron chi connectivity index (χ3n) is 5.20. The van der Waals surface area contributed by atoms with Crippen molar-refractivity contribution >= 4 is 0 Å². The predicted molar refractivity (Wildman–Crippen MR) is 62.0 cm³/mol. The first kappa shape index (κ1) is 10.8. The predicted octanol–water partition coefficient (Wildman–Crippen LogP) is 3.04. The fourth-order valence-electron chi connectivity index (χ4n) is 4.91. The van der Waals surface area contributed by atoms with Crippen molar-refractivity contribution < 1.29 is 14.5 Å². The molecule has 5 aliphatic rings. The van der Waals surface area contributed by atoms with Crippen LogP contribution in [0.25, 0.3) is 0 Å². The van der Waals surface area contributed by atoms with Crippen LogP contribution in [0.5, 0.6) is 0 Å². The van der Waals surface area contributed by atoms with E-state index in [1.165, 1.54) is 38.5 Å². The maximum Gasteiger partial charge on any atom is 0.191 e. The Morgan fingerprint density at radius 3 is 2.12 bits per heavy atom. The molecule has 0 radical (unpaired) electrons. The molecular weight excluding hydrogens is 216 g/mol. The fraction of sp³-hybridized carbons (Fsp3) is 1.00. The number of ether oxygens (including phenoxy) is 1. The lowest BCUT2D eigenvalue weighted by Gasteiger charge is -2.55. The SMILES string of the molecule is C1COC(OOC23CC4CC(CC(C4)C2)C3)C1. The van der Waals surface area contributed by atoms with Gasteiger partial charge in [-0.2, -0.15) is 0 Å². The zero-order valence-corrected chi connectivity index (χ0v) is 10.4. The van der Waals surface area contributed by atoms with Gasteiger partial charge in [0.25, 0.3) is 0 Å². The van der Waals surface area contributed by atoms with Crippen LogP contribution in [0.1, 0.15) is 51.4 Å². The molecule has 0 aromatic rings. The number of rotatable bonds is 3. The Bertz CT molecular complexity index is 261. The summed E-state index contributed by atoms with van der Waals surface area (Å²) in [4.78, 5) is 11.5. The molecule has 4 bridgehead atoms. The molecule has 1 unspecified atom stereocenters. The summed E-state index contributed by atoms with van der Waals surface area (Å²) in [6.07, 6.45) is 10.0. The molecule has 4 aliphatic carbocycles. The van der Waals surface area contributed by atoms with Crippen molar-refractivity contribution in [1.82, 2.24) is 0 Å². The van der Waals surface area contributed by atoms with Crippen molar-refractivity contribution in [3.63, 3.8) is 0 Å². The van der Waals surface area contributed by atoms with E-state index in [4.69, 9.17) is 14.5 Å². The lowest BCUT2D eigenvalue weighted by molar-refractivity contribution is -0.435. The summed E-state index contributed by atoms with van der Waals surface area (Å²) >= 11 is 0. The minimum Gasteiger partial charge on any atom is -0.350 e. The molecule has 4 saturated carbocycles. The van der Waals surface area contributed by atoms with Gasteiger partial charge in [-0.25, -0.2) is 9.78 Å². The van der Waals surface area contributed by atoms with Gasteiger partial charge < -0.3 is 4.74 Å². The molecule has 5 rings (SSSR count). The van der Waals surface area contributed by atoms with E-state index in [0.717, 1.165) is 37.2 Å². The molecule has 17 heavy (non-hydrogen) atoms.